The molecular formula is C18H31N5O2. The molecule has 2 fully saturated rings. The first-order valence-corrected chi connectivity index (χ1v) is 9.54. The summed E-state index contributed by atoms with van der Waals surface area (Å²) in [5, 5.41) is 7.02. The van der Waals surface area contributed by atoms with Crippen LogP contribution >= 0.6 is 0 Å². The van der Waals surface area contributed by atoms with Crippen LogP contribution in [-0.4, -0.2) is 64.2 Å². The van der Waals surface area contributed by atoms with Crippen LogP contribution in [0, 0.1) is 6.92 Å². The molecule has 0 aliphatic carbocycles. The van der Waals surface area contributed by atoms with Gasteiger partial charge in [0.1, 0.15) is 0 Å². The molecule has 2 aliphatic rings. The molecule has 1 atom stereocenters. The normalized spacial score (nSPS) is 22.8. The van der Waals surface area contributed by atoms with E-state index in [1.165, 1.54) is 19.3 Å². The summed E-state index contributed by atoms with van der Waals surface area (Å²) in [6.45, 7) is 10.6. The molecule has 0 radical (unpaired) electrons. The summed E-state index contributed by atoms with van der Waals surface area (Å²) >= 11 is 0. The second kappa shape index (κ2) is 7.72. The number of nitrogens with zero attached hydrogens (tertiary/aromatic N) is 4. The number of aromatic nitrogens is 2. The number of hydrogen-bond donors (Lipinski definition) is 1. The summed E-state index contributed by atoms with van der Waals surface area (Å²) in [7, 11) is 0. The lowest BCUT2D eigenvalue weighted by atomic mass is 9.97. The number of aryl methyl sites for hydroxylation is 1. The van der Waals surface area contributed by atoms with E-state index in [0.717, 1.165) is 32.5 Å². The molecule has 140 valence electrons. The number of carbonyl (C=O) groups is 1. The molecule has 2 aliphatic heterocycles. The zero-order valence-electron chi connectivity index (χ0n) is 15.8. The topological polar surface area (TPSA) is 74.5 Å². The van der Waals surface area contributed by atoms with Crippen LogP contribution < -0.4 is 5.32 Å². The van der Waals surface area contributed by atoms with Crippen LogP contribution in [-0.2, 0) is 0 Å². The molecule has 1 aromatic rings. The maximum atomic E-state index is 12.6. The van der Waals surface area contributed by atoms with E-state index >= 15 is 0 Å². The molecule has 25 heavy (non-hydrogen) atoms. The predicted molar refractivity (Wildman–Crippen MR) is 95.5 cm³/mol. The van der Waals surface area contributed by atoms with E-state index < -0.39 is 0 Å². The Hall–Kier alpha value is -1.63. The van der Waals surface area contributed by atoms with Gasteiger partial charge in [0.2, 0.25) is 5.89 Å². The molecule has 0 aromatic carbocycles. The molecule has 1 N–H and O–H groups in total. The largest absolute Gasteiger partial charge is 0.339 e. The van der Waals surface area contributed by atoms with E-state index in [4.69, 9.17) is 4.52 Å². The summed E-state index contributed by atoms with van der Waals surface area (Å²) in [6, 6.07) is 0.0195. The van der Waals surface area contributed by atoms with Gasteiger partial charge in [0.15, 0.2) is 5.82 Å². The number of amides is 2. The minimum atomic E-state index is -0.00509. The van der Waals surface area contributed by atoms with E-state index in [9.17, 15) is 4.79 Å². The third kappa shape index (κ3) is 4.51. The number of carbonyl (C=O) groups excluding carboxylic acids is 1. The van der Waals surface area contributed by atoms with E-state index in [-0.39, 0.29) is 17.5 Å². The van der Waals surface area contributed by atoms with Crippen molar-refractivity contribution >= 4 is 6.03 Å². The fraction of sp³-hybridized carbons (Fsp3) is 0.833. The smallest absolute Gasteiger partial charge is 0.317 e. The summed E-state index contributed by atoms with van der Waals surface area (Å²) in [5.74, 6) is 1.46. The van der Waals surface area contributed by atoms with Crippen molar-refractivity contribution in [2.75, 3.05) is 32.7 Å². The van der Waals surface area contributed by atoms with Gasteiger partial charge in [-0.2, -0.15) is 4.98 Å². The summed E-state index contributed by atoms with van der Waals surface area (Å²) in [5.41, 5.74) is -0.00509. The van der Waals surface area contributed by atoms with E-state index in [2.05, 4.69) is 34.2 Å². The summed E-state index contributed by atoms with van der Waals surface area (Å²) in [4.78, 5) is 21.4. The van der Waals surface area contributed by atoms with Gasteiger partial charge >= 0.3 is 6.03 Å². The van der Waals surface area contributed by atoms with Crippen LogP contribution in [0.25, 0.3) is 0 Å². The molecule has 1 unspecified atom stereocenters. The lowest BCUT2D eigenvalue weighted by Gasteiger charge is -2.41. The van der Waals surface area contributed by atoms with Crippen molar-refractivity contribution in [3.05, 3.63) is 11.7 Å². The van der Waals surface area contributed by atoms with E-state index in [1.54, 1.807) is 0 Å². The SMILES string of the molecule is Cc1noc(C2CCCN(C(=O)NCC(C)(C)N3CCCCC3)C2)n1. The van der Waals surface area contributed by atoms with Crippen LogP contribution in [0.4, 0.5) is 4.79 Å². The summed E-state index contributed by atoms with van der Waals surface area (Å²) in [6.07, 6.45) is 5.80. The minimum Gasteiger partial charge on any atom is -0.339 e. The van der Waals surface area contributed by atoms with Crippen LogP contribution in [0.2, 0.25) is 0 Å². The molecule has 2 saturated heterocycles. The Kier molecular flexibility index (Phi) is 5.61. The molecule has 7 heteroatoms. The maximum Gasteiger partial charge on any atom is 0.317 e. The molecule has 2 amide bonds. The Labute approximate surface area is 150 Å². The first-order chi connectivity index (χ1) is 12.0. The molecule has 3 rings (SSSR count). The quantitative estimate of drug-likeness (QED) is 0.904. The Balaban J connectivity index is 1.52. The van der Waals surface area contributed by atoms with Crippen molar-refractivity contribution in [1.29, 1.82) is 0 Å². The van der Waals surface area contributed by atoms with Crippen LogP contribution in [0.3, 0.4) is 0 Å². The van der Waals surface area contributed by atoms with Gasteiger partial charge in [0.25, 0.3) is 0 Å². The van der Waals surface area contributed by atoms with Crippen LogP contribution in [0.5, 0.6) is 0 Å². The van der Waals surface area contributed by atoms with Crippen molar-refractivity contribution in [3.63, 3.8) is 0 Å². The lowest BCUT2D eigenvalue weighted by Crippen LogP contribution is -2.55. The number of hydrogen-bond acceptors (Lipinski definition) is 5. The average molecular weight is 349 g/mol. The molecule has 3 heterocycles. The van der Waals surface area contributed by atoms with Crippen molar-refractivity contribution in [1.82, 2.24) is 25.3 Å². The van der Waals surface area contributed by atoms with Gasteiger partial charge in [-0.1, -0.05) is 11.6 Å². The number of likely N-dealkylation sites (tertiary alicyclic amines) is 2. The highest BCUT2D eigenvalue weighted by atomic mass is 16.5. The number of urea groups is 1. The lowest BCUT2D eigenvalue weighted by molar-refractivity contribution is 0.0928. The number of nitrogens with one attached hydrogen (secondary N) is 1. The van der Waals surface area contributed by atoms with Crippen molar-refractivity contribution in [3.8, 4) is 0 Å². The standard InChI is InChI=1S/C18H31N5O2/c1-14-20-16(25-21-14)15-8-7-9-22(12-15)17(24)19-13-18(2,3)23-10-5-4-6-11-23/h15H,4-13H2,1-3H3,(H,19,24). The highest BCUT2D eigenvalue weighted by Gasteiger charge is 2.31. The van der Waals surface area contributed by atoms with Crippen molar-refractivity contribution in [2.45, 2.75) is 64.3 Å². The summed E-state index contributed by atoms with van der Waals surface area (Å²) < 4.78 is 5.30. The predicted octanol–water partition coefficient (Wildman–Crippen LogP) is 2.53. The maximum absolute atomic E-state index is 12.6. The third-order valence-electron chi connectivity index (χ3n) is 5.49. The van der Waals surface area contributed by atoms with E-state index in [0.29, 0.717) is 24.8 Å². The Bertz CT molecular complexity index is 580. The van der Waals surface area contributed by atoms with Gasteiger partial charge in [-0.15, -0.1) is 0 Å². The highest BCUT2D eigenvalue weighted by molar-refractivity contribution is 5.74. The molecule has 0 spiro atoms. The monoisotopic (exact) mass is 349 g/mol. The molecular weight excluding hydrogens is 318 g/mol. The fourth-order valence-corrected chi connectivity index (χ4v) is 3.86. The van der Waals surface area contributed by atoms with Crippen molar-refractivity contribution < 1.29 is 9.32 Å². The Morgan fingerprint density at radius 2 is 2.00 bits per heavy atom. The fourth-order valence-electron chi connectivity index (χ4n) is 3.86. The first kappa shape index (κ1) is 18.2. The molecule has 1 aromatic heterocycles. The van der Waals surface area contributed by atoms with E-state index in [1.807, 2.05) is 11.8 Å². The van der Waals surface area contributed by atoms with Gasteiger partial charge in [0.05, 0.1) is 5.92 Å². The van der Waals surface area contributed by atoms with Crippen LogP contribution in [0.1, 0.15) is 63.6 Å². The molecule has 0 bridgehead atoms. The van der Waals surface area contributed by atoms with Gasteiger partial charge < -0.3 is 14.7 Å². The zero-order chi connectivity index (χ0) is 17.9. The van der Waals surface area contributed by atoms with Crippen molar-refractivity contribution in [2.24, 2.45) is 0 Å². The Morgan fingerprint density at radius 1 is 1.24 bits per heavy atom. The van der Waals surface area contributed by atoms with Crippen LogP contribution in [0.15, 0.2) is 4.52 Å². The number of piperidine rings is 2. The minimum absolute atomic E-state index is 0.00509. The number of rotatable bonds is 4. The third-order valence-corrected chi connectivity index (χ3v) is 5.49. The second-order valence-corrected chi connectivity index (χ2v) is 7.98. The average Bonchev–Trinajstić information content (AvgIpc) is 3.07. The van der Waals surface area contributed by atoms with Gasteiger partial charge in [-0.3, -0.25) is 4.90 Å². The molecule has 7 nitrogen and oxygen atoms in total. The Morgan fingerprint density at radius 3 is 2.68 bits per heavy atom. The first-order valence-electron chi connectivity index (χ1n) is 9.54. The van der Waals surface area contributed by atoms with Gasteiger partial charge in [-0.25, -0.2) is 4.79 Å². The highest BCUT2D eigenvalue weighted by Crippen LogP contribution is 2.26. The zero-order valence-corrected chi connectivity index (χ0v) is 15.8. The van der Waals surface area contributed by atoms with Gasteiger partial charge in [-0.05, 0) is 59.5 Å². The second-order valence-electron chi connectivity index (χ2n) is 7.98. The van der Waals surface area contributed by atoms with Gasteiger partial charge in [0, 0.05) is 25.2 Å². The molecule has 0 saturated carbocycles.